The van der Waals surface area contributed by atoms with Crippen molar-refractivity contribution < 1.29 is 0 Å². The van der Waals surface area contributed by atoms with Crippen LogP contribution in [-0.4, -0.2) is 17.3 Å². The highest BCUT2D eigenvalue weighted by Gasteiger charge is 2.13. The van der Waals surface area contributed by atoms with Gasteiger partial charge in [-0.1, -0.05) is 37.3 Å². The Hall–Kier alpha value is 0.01000. The van der Waals surface area contributed by atoms with E-state index in [2.05, 4.69) is 43.3 Å². The van der Waals surface area contributed by atoms with Gasteiger partial charge >= 0.3 is 0 Å². The normalized spacial score (nSPS) is 17.4. The van der Waals surface area contributed by atoms with Gasteiger partial charge in [-0.25, -0.2) is 0 Å². The Bertz CT molecular complexity index is 337. The molecule has 2 rings (SSSR count). The molecule has 0 aliphatic carbocycles. The van der Waals surface area contributed by atoms with Crippen molar-refractivity contribution in [3.8, 4) is 0 Å². The molecule has 0 aromatic heterocycles. The third-order valence-corrected chi connectivity index (χ3v) is 6.06. The molecule has 0 bridgehead atoms. The molecular weight excluding hydrogens is 252 g/mol. The zero-order valence-corrected chi connectivity index (χ0v) is 11.8. The fourth-order valence-electron chi connectivity index (χ4n) is 1.61. The first-order chi connectivity index (χ1) is 7.90. The highest BCUT2D eigenvalue weighted by molar-refractivity contribution is 8.25. The van der Waals surface area contributed by atoms with Crippen LogP contribution in [0.3, 0.4) is 0 Å². The minimum absolute atomic E-state index is 0.527. The molecule has 1 unspecified atom stereocenters. The third kappa shape index (κ3) is 3.51. The van der Waals surface area contributed by atoms with E-state index in [-0.39, 0.29) is 0 Å². The fourth-order valence-corrected chi connectivity index (χ4v) is 5.09. The molecule has 1 heterocycles. The van der Waals surface area contributed by atoms with E-state index in [1.165, 1.54) is 27.1 Å². The lowest BCUT2D eigenvalue weighted by molar-refractivity contribution is 1.22. The highest BCUT2D eigenvalue weighted by Crippen LogP contribution is 2.41. The maximum atomic E-state index is 2.44. The van der Waals surface area contributed by atoms with Gasteiger partial charge in [-0.2, -0.15) is 0 Å². The molecule has 0 N–H and O–H groups in total. The van der Waals surface area contributed by atoms with E-state index in [4.69, 9.17) is 0 Å². The van der Waals surface area contributed by atoms with Crippen molar-refractivity contribution in [1.82, 2.24) is 0 Å². The summed E-state index contributed by atoms with van der Waals surface area (Å²) in [6.45, 7) is 2.23. The molecule has 1 aromatic rings. The lowest BCUT2D eigenvalue weighted by atomic mass is 10.1. The molecule has 1 aliphatic rings. The van der Waals surface area contributed by atoms with Gasteiger partial charge in [0, 0.05) is 21.0 Å². The number of hydrogen-bond donors (Lipinski definition) is 0. The summed E-state index contributed by atoms with van der Waals surface area (Å²) in [6.07, 6.45) is 2.44. The lowest BCUT2D eigenvalue weighted by Crippen LogP contribution is -1.90. The number of benzene rings is 1. The van der Waals surface area contributed by atoms with Crippen molar-refractivity contribution >= 4 is 35.3 Å². The predicted octanol–water partition coefficient (Wildman–Crippen LogP) is 4.80. The minimum Gasteiger partial charge on any atom is -0.150 e. The summed E-state index contributed by atoms with van der Waals surface area (Å²) in [7, 11) is 0. The van der Waals surface area contributed by atoms with Gasteiger partial charge in [0.05, 0.1) is 0 Å². The van der Waals surface area contributed by atoms with E-state index < -0.39 is 0 Å². The Kier molecular flexibility index (Phi) is 5.20. The Morgan fingerprint density at radius 3 is 2.56 bits per heavy atom. The largest absolute Gasteiger partial charge is 0.150 e. The van der Waals surface area contributed by atoms with Crippen molar-refractivity contribution in [2.75, 3.05) is 17.3 Å². The van der Waals surface area contributed by atoms with Crippen molar-refractivity contribution in [1.29, 1.82) is 0 Å². The van der Waals surface area contributed by atoms with Crippen LogP contribution < -0.4 is 0 Å². The molecule has 1 aromatic carbocycles. The lowest BCUT2D eigenvalue weighted by Gasteiger charge is -2.12. The molecule has 86 valence electrons. The molecule has 16 heavy (non-hydrogen) atoms. The van der Waals surface area contributed by atoms with Crippen molar-refractivity contribution in [2.24, 2.45) is 0 Å². The van der Waals surface area contributed by atoms with Crippen LogP contribution in [-0.2, 0) is 0 Å². The predicted molar refractivity (Wildman–Crippen MR) is 80.3 cm³/mol. The van der Waals surface area contributed by atoms with Crippen LogP contribution in [0.4, 0.5) is 0 Å². The Morgan fingerprint density at radius 2 is 1.94 bits per heavy atom. The summed E-state index contributed by atoms with van der Waals surface area (Å²) in [5.74, 6) is 3.71. The molecule has 1 atom stereocenters. The quantitative estimate of drug-likeness (QED) is 0.769. The molecule has 0 radical (unpaired) electrons. The van der Waals surface area contributed by atoms with Crippen LogP contribution in [0.2, 0.25) is 0 Å². The second-order valence-corrected chi connectivity index (χ2v) is 7.42. The molecule has 1 fully saturated rings. The second kappa shape index (κ2) is 6.67. The molecule has 0 spiro atoms. The fraction of sp³-hybridized carbons (Fsp3) is 0.385. The molecule has 0 nitrogen and oxygen atoms in total. The molecule has 3 heteroatoms. The van der Waals surface area contributed by atoms with E-state index in [9.17, 15) is 0 Å². The van der Waals surface area contributed by atoms with E-state index in [0.29, 0.717) is 5.25 Å². The number of rotatable bonds is 4. The van der Waals surface area contributed by atoms with E-state index in [1.54, 1.807) is 0 Å². The van der Waals surface area contributed by atoms with Gasteiger partial charge in [0.1, 0.15) is 0 Å². The summed E-state index contributed by atoms with van der Waals surface area (Å²) in [4.78, 5) is 0. The van der Waals surface area contributed by atoms with Crippen LogP contribution in [0.15, 0.2) is 40.6 Å². The van der Waals surface area contributed by atoms with Gasteiger partial charge < -0.3 is 0 Å². The highest BCUT2D eigenvalue weighted by atomic mass is 32.2. The SMILES string of the molecule is CCSC(C=C1SCCS1)c1ccccc1. The van der Waals surface area contributed by atoms with E-state index in [0.717, 1.165) is 0 Å². The number of hydrogen-bond acceptors (Lipinski definition) is 3. The van der Waals surface area contributed by atoms with Gasteiger partial charge in [0.15, 0.2) is 0 Å². The summed E-state index contributed by atoms with van der Waals surface area (Å²) >= 11 is 6.02. The first-order valence-corrected chi connectivity index (χ1v) is 8.56. The Balaban J connectivity index is 2.13. The average molecular weight is 268 g/mol. The summed E-state index contributed by atoms with van der Waals surface area (Å²) in [5, 5.41) is 0.527. The number of thioether (sulfide) groups is 3. The zero-order chi connectivity index (χ0) is 11.2. The first-order valence-electron chi connectivity index (χ1n) is 5.54. The standard InChI is InChI=1S/C13H16S3/c1-2-14-12(10-13-15-8-9-16-13)11-6-4-3-5-7-11/h3-7,10,12H,2,8-9H2,1H3. The van der Waals surface area contributed by atoms with Crippen molar-refractivity contribution in [3.05, 3.63) is 46.2 Å². The maximum absolute atomic E-state index is 2.44. The molecule has 1 saturated heterocycles. The van der Waals surface area contributed by atoms with Crippen molar-refractivity contribution in [2.45, 2.75) is 12.2 Å². The van der Waals surface area contributed by atoms with Gasteiger partial charge in [-0.05, 0) is 17.4 Å². The second-order valence-electron chi connectivity index (χ2n) is 3.47. The maximum Gasteiger partial charge on any atom is 0.0495 e. The first kappa shape index (κ1) is 12.5. The Morgan fingerprint density at radius 1 is 1.25 bits per heavy atom. The topological polar surface area (TPSA) is 0 Å². The molecule has 0 saturated carbocycles. The van der Waals surface area contributed by atoms with Crippen LogP contribution in [0.1, 0.15) is 17.7 Å². The van der Waals surface area contributed by atoms with Gasteiger partial charge in [-0.15, -0.1) is 35.3 Å². The van der Waals surface area contributed by atoms with Crippen LogP contribution in [0.25, 0.3) is 0 Å². The van der Waals surface area contributed by atoms with Crippen LogP contribution >= 0.6 is 35.3 Å². The van der Waals surface area contributed by atoms with Gasteiger partial charge in [0.25, 0.3) is 0 Å². The van der Waals surface area contributed by atoms with E-state index >= 15 is 0 Å². The molecule has 1 aliphatic heterocycles. The van der Waals surface area contributed by atoms with Crippen LogP contribution in [0.5, 0.6) is 0 Å². The van der Waals surface area contributed by atoms with E-state index in [1.807, 2.05) is 35.3 Å². The zero-order valence-electron chi connectivity index (χ0n) is 9.39. The Labute approximate surface area is 111 Å². The monoisotopic (exact) mass is 268 g/mol. The third-order valence-electron chi connectivity index (χ3n) is 2.33. The van der Waals surface area contributed by atoms with Crippen molar-refractivity contribution in [3.63, 3.8) is 0 Å². The molecule has 0 amide bonds. The van der Waals surface area contributed by atoms with Gasteiger partial charge in [-0.3, -0.25) is 0 Å². The summed E-state index contributed by atoms with van der Waals surface area (Å²) in [5.41, 5.74) is 1.43. The summed E-state index contributed by atoms with van der Waals surface area (Å²) < 4.78 is 1.51. The van der Waals surface area contributed by atoms with Crippen LogP contribution in [0, 0.1) is 0 Å². The van der Waals surface area contributed by atoms with Gasteiger partial charge in [0.2, 0.25) is 0 Å². The summed E-state index contributed by atoms with van der Waals surface area (Å²) in [6, 6.07) is 10.8. The average Bonchev–Trinajstić information content (AvgIpc) is 2.83. The smallest absolute Gasteiger partial charge is 0.0495 e. The minimum atomic E-state index is 0.527. The molecular formula is C13H16S3.